The van der Waals surface area contributed by atoms with Gasteiger partial charge in [-0.1, -0.05) is 18.2 Å². The van der Waals surface area contributed by atoms with Crippen LogP contribution < -0.4 is 10.2 Å². The highest BCUT2D eigenvalue weighted by atomic mass is 16.5. The molecule has 0 saturated carbocycles. The molecule has 2 rings (SSSR count). The molecular weight excluding hydrogens is 244 g/mol. The van der Waals surface area contributed by atoms with E-state index in [-0.39, 0.29) is 11.8 Å². The zero-order valence-corrected chi connectivity index (χ0v) is 11.0. The number of nitrogens with one attached hydrogen (secondary N) is 1. The first kappa shape index (κ1) is 13.5. The Morgan fingerprint density at radius 1 is 1.42 bits per heavy atom. The Hall–Kier alpha value is -1.88. The average molecular weight is 262 g/mol. The number of rotatable bonds is 5. The van der Waals surface area contributed by atoms with Gasteiger partial charge in [0.1, 0.15) is 5.92 Å². The highest BCUT2D eigenvalue weighted by Gasteiger charge is 2.37. The van der Waals surface area contributed by atoms with Gasteiger partial charge in [-0.05, 0) is 18.6 Å². The molecule has 1 fully saturated rings. The molecule has 0 radical (unpaired) electrons. The summed E-state index contributed by atoms with van der Waals surface area (Å²) >= 11 is 0. The fourth-order valence-corrected chi connectivity index (χ4v) is 2.19. The molecule has 1 atom stereocenters. The Bertz CT molecular complexity index is 447. The summed E-state index contributed by atoms with van der Waals surface area (Å²) in [5, 5.41) is 2.72. The summed E-state index contributed by atoms with van der Waals surface area (Å²) in [6.45, 7) is 1.48. The summed E-state index contributed by atoms with van der Waals surface area (Å²) in [6.07, 6.45) is 0.562. The van der Waals surface area contributed by atoms with E-state index in [2.05, 4.69) is 5.32 Å². The third-order valence-electron chi connectivity index (χ3n) is 3.20. The first-order valence-electron chi connectivity index (χ1n) is 6.37. The third kappa shape index (κ3) is 3.12. The van der Waals surface area contributed by atoms with Gasteiger partial charge in [-0.2, -0.15) is 0 Å². The zero-order chi connectivity index (χ0) is 13.7. The molecule has 1 saturated heterocycles. The Kier molecular flexibility index (Phi) is 4.52. The van der Waals surface area contributed by atoms with Gasteiger partial charge in [0.15, 0.2) is 0 Å². The van der Waals surface area contributed by atoms with Crippen molar-refractivity contribution in [2.45, 2.75) is 6.42 Å². The van der Waals surface area contributed by atoms with Crippen molar-refractivity contribution >= 4 is 17.5 Å². The molecule has 0 unspecified atom stereocenters. The van der Waals surface area contributed by atoms with Crippen LogP contribution >= 0.6 is 0 Å². The maximum atomic E-state index is 12.2. The summed E-state index contributed by atoms with van der Waals surface area (Å²) in [6, 6.07) is 9.42. The van der Waals surface area contributed by atoms with Crippen LogP contribution in [0, 0.1) is 5.92 Å². The summed E-state index contributed by atoms with van der Waals surface area (Å²) in [4.78, 5) is 25.8. The van der Waals surface area contributed by atoms with E-state index in [1.54, 1.807) is 12.0 Å². The largest absolute Gasteiger partial charge is 0.383 e. The molecular formula is C14H18N2O3. The predicted octanol–water partition coefficient (Wildman–Crippen LogP) is 0.802. The molecule has 2 amide bonds. The van der Waals surface area contributed by atoms with Gasteiger partial charge in [0, 0.05) is 25.9 Å². The highest BCUT2D eigenvalue weighted by molar-refractivity contribution is 6.09. The lowest BCUT2D eigenvalue weighted by Crippen LogP contribution is -2.38. The van der Waals surface area contributed by atoms with Crippen molar-refractivity contribution in [2.24, 2.45) is 5.92 Å². The third-order valence-corrected chi connectivity index (χ3v) is 3.20. The summed E-state index contributed by atoms with van der Waals surface area (Å²) in [5.41, 5.74) is 0.847. The topological polar surface area (TPSA) is 58.6 Å². The van der Waals surface area contributed by atoms with Crippen LogP contribution in [-0.4, -0.2) is 38.6 Å². The Morgan fingerprint density at radius 3 is 2.84 bits per heavy atom. The number of anilines is 1. The maximum absolute atomic E-state index is 12.2. The van der Waals surface area contributed by atoms with Crippen LogP contribution in [-0.2, 0) is 14.3 Å². The van der Waals surface area contributed by atoms with Crippen molar-refractivity contribution in [2.75, 3.05) is 31.7 Å². The van der Waals surface area contributed by atoms with Gasteiger partial charge in [-0.3, -0.25) is 9.59 Å². The first-order chi connectivity index (χ1) is 9.24. The van der Waals surface area contributed by atoms with E-state index in [4.69, 9.17) is 4.74 Å². The van der Waals surface area contributed by atoms with Gasteiger partial charge in [0.2, 0.25) is 11.8 Å². The van der Waals surface area contributed by atoms with E-state index >= 15 is 0 Å². The lowest BCUT2D eigenvalue weighted by atomic mass is 10.1. The minimum atomic E-state index is -0.572. The molecule has 1 aliphatic heterocycles. The van der Waals surface area contributed by atoms with E-state index in [1.165, 1.54) is 0 Å². The number of benzene rings is 1. The number of nitrogens with zero attached hydrogens (tertiary/aromatic N) is 1. The Morgan fingerprint density at radius 2 is 2.16 bits per heavy atom. The molecule has 5 heteroatoms. The molecule has 1 N–H and O–H groups in total. The number of carbonyl (C=O) groups excluding carboxylic acids is 2. The second-order valence-electron chi connectivity index (χ2n) is 4.45. The van der Waals surface area contributed by atoms with Crippen molar-refractivity contribution in [1.82, 2.24) is 5.32 Å². The number of carbonyl (C=O) groups is 2. The predicted molar refractivity (Wildman–Crippen MR) is 71.8 cm³/mol. The van der Waals surface area contributed by atoms with E-state index in [0.717, 1.165) is 5.69 Å². The smallest absolute Gasteiger partial charge is 0.239 e. The second-order valence-corrected chi connectivity index (χ2v) is 4.45. The van der Waals surface area contributed by atoms with Crippen LogP contribution in [0.2, 0.25) is 0 Å². The fourth-order valence-electron chi connectivity index (χ4n) is 2.19. The summed E-state index contributed by atoms with van der Waals surface area (Å²) in [7, 11) is 1.57. The molecule has 1 aliphatic rings. The molecule has 1 aromatic carbocycles. The molecule has 1 aromatic rings. The summed E-state index contributed by atoms with van der Waals surface area (Å²) in [5.74, 6) is -0.904. The van der Waals surface area contributed by atoms with Crippen LogP contribution in [0.4, 0.5) is 5.69 Å². The molecule has 0 aliphatic carbocycles. The van der Waals surface area contributed by atoms with Gasteiger partial charge in [-0.15, -0.1) is 0 Å². The number of para-hydroxylation sites is 1. The average Bonchev–Trinajstić information content (AvgIpc) is 2.82. The van der Waals surface area contributed by atoms with E-state index in [1.807, 2.05) is 30.3 Å². The number of hydrogen-bond donors (Lipinski definition) is 1. The molecule has 5 nitrogen and oxygen atoms in total. The monoisotopic (exact) mass is 262 g/mol. The molecule has 0 spiro atoms. The first-order valence-corrected chi connectivity index (χ1v) is 6.37. The molecule has 1 heterocycles. The van der Waals surface area contributed by atoms with Crippen molar-refractivity contribution in [3.8, 4) is 0 Å². The lowest BCUT2D eigenvalue weighted by molar-refractivity contribution is -0.132. The van der Waals surface area contributed by atoms with Crippen LogP contribution in [0.25, 0.3) is 0 Å². The zero-order valence-electron chi connectivity index (χ0n) is 11.0. The molecule has 0 bridgehead atoms. The lowest BCUT2D eigenvalue weighted by Gasteiger charge is -2.16. The SMILES string of the molecule is COCCNC(=O)[C@H]1CCN(c2ccccc2)C1=O. The normalized spacial score (nSPS) is 18.7. The summed E-state index contributed by atoms with van der Waals surface area (Å²) < 4.78 is 4.86. The van der Waals surface area contributed by atoms with Crippen molar-refractivity contribution in [3.05, 3.63) is 30.3 Å². The number of amides is 2. The van der Waals surface area contributed by atoms with Crippen molar-refractivity contribution in [3.63, 3.8) is 0 Å². The van der Waals surface area contributed by atoms with Crippen LogP contribution in [0.3, 0.4) is 0 Å². The number of hydrogen-bond acceptors (Lipinski definition) is 3. The minimum Gasteiger partial charge on any atom is -0.383 e. The van der Waals surface area contributed by atoms with E-state index < -0.39 is 5.92 Å². The van der Waals surface area contributed by atoms with E-state index in [0.29, 0.717) is 26.1 Å². The Balaban J connectivity index is 1.96. The Labute approximate surface area is 112 Å². The number of methoxy groups -OCH3 is 1. The second kappa shape index (κ2) is 6.33. The van der Waals surface area contributed by atoms with Gasteiger partial charge in [0.25, 0.3) is 0 Å². The van der Waals surface area contributed by atoms with Crippen LogP contribution in [0.5, 0.6) is 0 Å². The quantitative estimate of drug-likeness (QED) is 0.631. The standard InChI is InChI=1S/C14H18N2O3/c1-19-10-8-15-13(17)12-7-9-16(14(12)18)11-5-3-2-4-6-11/h2-6,12H,7-10H2,1H3,(H,15,17)/t12-/m1/s1. The van der Waals surface area contributed by atoms with E-state index in [9.17, 15) is 9.59 Å². The van der Waals surface area contributed by atoms with Gasteiger partial charge in [-0.25, -0.2) is 0 Å². The maximum Gasteiger partial charge on any atom is 0.239 e. The van der Waals surface area contributed by atoms with Crippen LogP contribution in [0.1, 0.15) is 6.42 Å². The minimum absolute atomic E-state index is 0.124. The van der Waals surface area contributed by atoms with Gasteiger partial charge < -0.3 is 15.0 Å². The van der Waals surface area contributed by atoms with Crippen molar-refractivity contribution in [1.29, 1.82) is 0 Å². The fraction of sp³-hybridized carbons (Fsp3) is 0.429. The van der Waals surface area contributed by atoms with Gasteiger partial charge >= 0.3 is 0 Å². The van der Waals surface area contributed by atoms with Crippen LogP contribution in [0.15, 0.2) is 30.3 Å². The molecule has 102 valence electrons. The number of ether oxygens (including phenoxy) is 1. The van der Waals surface area contributed by atoms with Gasteiger partial charge in [0.05, 0.1) is 6.61 Å². The highest BCUT2D eigenvalue weighted by Crippen LogP contribution is 2.24. The van der Waals surface area contributed by atoms with Crippen molar-refractivity contribution < 1.29 is 14.3 Å². The molecule has 0 aromatic heterocycles. The molecule has 19 heavy (non-hydrogen) atoms.